The zero-order valence-electron chi connectivity index (χ0n) is 14.6. The number of carbonyl (C=O) groups is 1. The number of amides is 1. The van der Waals surface area contributed by atoms with Crippen LogP contribution in [-0.2, 0) is 4.79 Å². The van der Waals surface area contributed by atoms with Crippen molar-refractivity contribution in [2.45, 2.75) is 24.9 Å². The third-order valence-electron chi connectivity index (χ3n) is 4.23. The topological polar surface area (TPSA) is 38.3 Å². The van der Waals surface area contributed by atoms with E-state index in [0.717, 1.165) is 22.6 Å². The van der Waals surface area contributed by atoms with Crippen molar-refractivity contribution in [3.8, 4) is 5.75 Å². The van der Waals surface area contributed by atoms with Crippen LogP contribution in [0.25, 0.3) is 0 Å². The maximum Gasteiger partial charge on any atom is 0.262 e. The van der Waals surface area contributed by atoms with Crippen LogP contribution in [0.3, 0.4) is 0 Å². The first-order valence-corrected chi connectivity index (χ1v) is 10.6. The van der Waals surface area contributed by atoms with Gasteiger partial charge in [-0.15, -0.1) is 23.5 Å². The van der Waals surface area contributed by atoms with Crippen LogP contribution in [0.5, 0.6) is 5.75 Å². The van der Waals surface area contributed by atoms with E-state index in [4.69, 9.17) is 4.74 Å². The van der Waals surface area contributed by atoms with Gasteiger partial charge in [-0.2, -0.15) is 0 Å². The highest BCUT2D eigenvalue weighted by Gasteiger charge is 2.16. The number of rotatable bonds is 5. The van der Waals surface area contributed by atoms with Gasteiger partial charge in [0.2, 0.25) is 0 Å². The first kappa shape index (κ1) is 18.2. The van der Waals surface area contributed by atoms with E-state index in [1.807, 2.05) is 67.7 Å². The van der Waals surface area contributed by atoms with E-state index in [9.17, 15) is 4.79 Å². The number of nitrogens with one attached hydrogen (secondary N) is 1. The number of anilines is 1. The molecule has 0 aromatic heterocycles. The summed E-state index contributed by atoms with van der Waals surface area (Å²) in [5.41, 5.74) is 4.41. The minimum Gasteiger partial charge on any atom is -0.484 e. The summed E-state index contributed by atoms with van der Waals surface area (Å²) in [6.45, 7) is 4.05. The second-order valence-corrected chi connectivity index (χ2v) is 8.80. The van der Waals surface area contributed by atoms with Gasteiger partial charge in [-0.05, 0) is 66.7 Å². The van der Waals surface area contributed by atoms with E-state index in [-0.39, 0.29) is 12.5 Å². The summed E-state index contributed by atoms with van der Waals surface area (Å²) in [6, 6.07) is 14.0. The Hall–Kier alpha value is -1.59. The predicted octanol–water partition coefficient (Wildman–Crippen LogP) is 5.19. The van der Waals surface area contributed by atoms with Crippen LogP contribution in [0.4, 0.5) is 5.69 Å². The Kier molecular flexibility index (Phi) is 6.32. The second-order valence-electron chi connectivity index (χ2n) is 6.08. The lowest BCUT2D eigenvalue weighted by molar-refractivity contribution is -0.118. The molecule has 1 aliphatic rings. The molecule has 5 heteroatoms. The Balaban J connectivity index is 1.52. The van der Waals surface area contributed by atoms with E-state index < -0.39 is 0 Å². The van der Waals surface area contributed by atoms with Crippen molar-refractivity contribution in [3.63, 3.8) is 0 Å². The fraction of sp³-hybridized carbons (Fsp3) is 0.350. The lowest BCUT2D eigenvalue weighted by atomic mass is 10.1. The molecule has 132 valence electrons. The highest BCUT2D eigenvalue weighted by atomic mass is 32.2. The van der Waals surface area contributed by atoms with Gasteiger partial charge in [0.25, 0.3) is 5.91 Å². The van der Waals surface area contributed by atoms with Crippen LogP contribution in [0.15, 0.2) is 42.5 Å². The van der Waals surface area contributed by atoms with Crippen LogP contribution in [0, 0.1) is 13.8 Å². The maximum atomic E-state index is 12.1. The molecule has 1 fully saturated rings. The smallest absolute Gasteiger partial charge is 0.262 e. The zero-order chi connectivity index (χ0) is 17.6. The summed E-state index contributed by atoms with van der Waals surface area (Å²) in [7, 11) is 0. The molecule has 0 bridgehead atoms. The Bertz CT molecular complexity index is 725. The first-order chi connectivity index (χ1) is 12.1. The fourth-order valence-corrected chi connectivity index (χ4v) is 5.52. The van der Waals surface area contributed by atoms with Crippen molar-refractivity contribution in [2.24, 2.45) is 0 Å². The normalized spacial score (nSPS) is 15.0. The van der Waals surface area contributed by atoms with Crippen LogP contribution >= 0.6 is 23.5 Å². The van der Waals surface area contributed by atoms with Crippen LogP contribution < -0.4 is 10.1 Å². The van der Waals surface area contributed by atoms with Gasteiger partial charge < -0.3 is 10.1 Å². The molecular formula is C20H23NO2S2. The molecule has 0 saturated carbocycles. The number of benzene rings is 2. The highest BCUT2D eigenvalue weighted by Crippen LogP contribution is 2.43. The van der Waals surface area contributed by atoms with E-state index in [1.165, 1.54) is 23.5 Å². The Morgan fingerprint density at radius 2 is 1.84 bits per heavy atom. The lowest BCUT2D eigenvalue weighted by Gasteiger charge is -2.21. The molecule has 3 nitrogen and oxygen atoms in total. The number of hydrogen-bond acceptors (Lipinski definition) is 4. The van der Waals surface area contributed by atoms with Gasteiger partial charge in [0, 0.05) is 5.69 Å². The van der Waals surface area contributed by atoms with Crippen molar-refractivity contribution >= 4 is 35.1 Å². The van der Waals surface area contributed by atoms with Gasteiger partial charge in [-0.1, -0.05) is 24.3 Å². The minimum absolute atomic E-state index is 0.0135. The second kappa shape index (κ2) is 8.68. The number of thioether (sulfide) groups is 2. The number of hydrogen-bond donors (Lipinski definition) is 1. The largest absolute Gasteiger partial charge is 0.484 e. The van der Waals surface area contributed by atoms with E-state index in [1.54, 1.807) is 0 Å². The summed E-state index contributed by atoms with van der Waals surface area (Å²) in [5.74, 6) is 3.05. The fourth-order valence-electron chi connectivity index (χ4n) is 2.62. The van der Waals surface area contributed by atoms with Crippen LogP contribution in [0.2, 0.25) is 0 Å². The standard InChI is InChI=1S/C20H23NO2S2/c1-14-5-3-6-18(15(14)2)21-19(22)13-23-17-9-7-16(8-10-17)20-24-11-4-12-25-20/h3,5-10,20H,4,11-13H2,1-2H3,(H,21,22). The molecule has 0 radical (unpaired) electrons. The molecule has 1 heterocycles. The average Bonchev–Trinajstić information content (AvgIpc) is 2.65. The number of aryl methyl sites for hydroxylation is 1. The summed E-state index contributed by atoms with van der Waals surface area (Å²) in [6.07, 6.45) is 1.29. The van der Waals surface area contributed by atoms with Gasteiger partial charge in [-0.3, -0.25) is 4.79 Å². The molecule has 1 N–H and O–H groups in total. The first-order valence-electron chi connectivity index (χ1n) is 8.45. The Labute approximate surface area is 157 Å². The van der Waals surface area contributed by atoms with E-state index in [0.29, 0.717) is 4.58 Å². The maximum absolute atomic E-state index is 12.1. The number of ether oxygens (including phenoxy) is 1. The average molecular weight is 374 g/mol. The lowest BCUT2D eigenvalue weighted by Crippen LogP contribution is -2.20. The van der Waals surface area contributed by atoms with Crippen LogP contribution in [-0.4, -0.2) is 24.0 Å². The zero-order valence-corrected chi connectivity index (χ0v) is 16.2. The summed E-state index contributed by atoms with van der Waals surface area (Å²) in [4.78, 5) is 12.1. The molecule has 2 aromatic carbocycles. The number of carbonyl (C=O) groups excluding carboxylic acids is 1. The molecule has 3 rings (SSSR count). The minimum atomic E-state index is -0.142. The molecule has 0 atom stereocenters. The summed E-state index contributed by atoms with van der Waals surface area (Å²) < 4.78 is 6.15. The Morgan fingerprint density at radius 1 is 1.12 bits per heavy atom. The van der Waals surface area contributed by atoms with Gasteiger partial charge in [0.05, 0.1) is 4.58 Å². The Morgan fingerprint density at radius 3 is 2.56 bits per heavy atom. The van der Waals surface area contributed by atoms with Gasteiger partial charge >= 0.3 is 0 Å². The molecule has 1 amide bonds. The van der Waals surface area contributed by atoms with Crippen molar-refractivity contribution < 1.29 is 9.53 Å². The van der Waals surface area contributed by atoms with Gasteiger partial charge in [0.15, 0.2) is 6.61 Å². The van der Waals surface area contributed by atoms with E-state index >= 15 is 0 Å². The SMILES string of the molecule is Cc1cccc(NC(=O)COc2ccc(C3SCCCS3)cc2)c1C. The van der Waals surface area contributed by atoms with Gasteiger partial charge in [-0.25, -0.2) is 0 Å². The molecule has 1 aliphatic heterocycles. The van der Waals surface area contributed by atoms with Crippen molar-refractivity contribution in [1.82, 2.24) is 0 Å². The highest BCUT2D eigenvalue weighted by molar-refractivity contribution is 8.16. The quantitative estimate of drug-likeness (QED) is 0.783. The molecule has 2 aromatic rings. The van der Waals surface area contributed by atoms with Crippen molar-refractivity contribution in [3.05, 3.63) is 59.2 Å². The monoisotopic (exact) mass is 373 g/mol. The van der Waals surface area contributed by atoms with E-state index in [2.05, 4.69) is 17.4 Å². The molecular weight excluding hydrogens is 350 g/mol. The van der Waals surface area contributed by atoms with Crippen LogP contribution in [0.1, 0.15) is 27.7 Å². The summed E-state index contributed by atoms with van der Waals surface area (Å²) >= 11 is 4.00. The predicted molar refractivity (Wildman–Crippen MR) is 109 cm³/mol. The molecule has 0 aliphatic carbocycles. The third-order valence-corrected chi connectivity index (χ3v) is 7.24. The van der Waals surface area contributed by atoms with Gasteiger partial charge in [0.1, 0.15) is 5.75 Å². The third kappa shape index (κ3) is 4.95. The van der Waals surface area contributed by atoms with Crippen molar-refractivity contribution in [2.75, 3.05) is 23.4 Å². The van der Waals surface area contributed by atoms with Crippen molar-refractivity contribution in [1.29, 1.82) is 0 Å². The molecule has 1 saturated heterocycles. The molecule has 25 heavy (non-hydrogen) atoms. The summed E-state index contributed by atoms with van der Waals surface area (Å²) in [5, 5.41) is 2.91. The molecule has 0 unspecified atom stereocenters. The molecule has 0 spiro atoms.